The topological polar surface area (TPSA) is 20.3 Å². The highest BCUT2D eigenvalue weighted by molar-refractivity contribution is 6.42. The van der Waals surface area contributed by atoms with Crippen molar-refractivity contribution in [1.29, 1.82) is 0 Å². The number of hydrogen-bond donors (Lipinski definition) is 0. The Balaban J connectivity index is 1.99. The van der Waals surface area contributed by atoms with Gasteiger partial charge in [0.1, 0.15) is 0 Å². The van der Waals surface area contributed by atoms with E-state index in [-0.39, 0.29) is 11.3 Å². The van der Waals surface area contributed by atoms with Crippen molar-refractivity contribution in [2.24, 2.45) is 5.92 Å². The van der Waals surface area contributed by atoms with Crippen molar-refractivity contribution in [2.45, 2.75) is 18.2 Å². The maximum absolute atomic E-state index is 12.2. The van der Waals surface area contributed by atoms with Crippen LogP contribution in [-0.2, 0) is 0 Å². The molecule has 2 nitrogen and oxygen atoms in total. The molecule has 0 atom stereocenters. The maximum atomic E-state index is 12.2. The van der Waals surface area contributed by atoms with E-state index in [0.717, 1.165) is 19.4 Å². The lowest BCUT2D eigenvalue weighted by atomic mass is 9.84. The van der Waals surface area contributed by atoms with E-state index in [1.165, 1.54) is 0 Å². The van der Waals surface area contributed by atoms with Gasteiger partial charge in [0.05, 0.1) is 10.0 Å². The summed E-state index contributed by atoms with van der Waals surface area (Å²) in [7, 11) is 1.80. The molecule has 1 aliphatic rings. The van der Waals surface area contributed by atoms with Gasteiger partial charge in [-0.05, 0) is 37.0 Å². The van der Waals surface area contributed by atoms with E-state index < -0.39 is 0 Å². The molecule has 0 spiro atoms. The number of rotatable bonds is 3. The molecular formula is C13H14Cl3NO. The number of carbonyl (C=O) groups excluding carboxylic acids is 1. The first-order valence-corrected chi connectivity index (χ1v) is 7.01. The van der Waals surface area contributed by atoms with Crippen LogP contribution in [0.25, 0.3) is 0 Å². The standard InChI is InChI=1S/C13H14Cl3NO/c1-17(7-8-4-10(14)5-8)13(18)9-2-3-11(15)12(16)6-9/h2-3,6,8,10H,4-5,7H2,1H3. The van der Waals surface area contributed by atoms with E-state index in [2.05, 4.69) is 0 Å². The number of carbonyl (C=O) groups is 1. The largest absolute Gasteiger partial charge is 0.341 e. The molecular weight excluding hydrogens is 293 g/mol. The monoisotopic (exact) mass is 305 g/mol. The molecule has 98 valence electrons. The fourth-order valence-electron chi connectivity index (χ4n) is 2.12. The first kappa shape index (κ1) is 14.0. The Morgan fingerprint density at radius 1 is 1.33 bits per heavy atom. The molecule has 2 rings (SSSR count). The Morgan fingerprint density at radius 2 is 2.00 bits per heavy atom. The Hall–Kier alpha value is -0.440. The fraction of sp³-hybridized carbons (Fsp3) is 0.462. The molecule has 1 aliphatic carbocycles. The number of halogens is 3. The highest BCUT2D eigenvalue weighted by atomic mass is 35.5. The molecule has 1 aromatic carbocycles. The Labute approximate surface area is 122 Å². The van der Waals surface area contributed by atoms with Crippen LogP contribution in [0.1, 0.15) is 23.2 Å². The van der Waals surface area contributed by atoms with Gasteiger partial charge in [0, 0.05) is 24.5 Å². The maximum Gasteiger partial charge on any atom is 0.253 e. The van der Waals surface area contributed by atoms with E-state index in [1.807, 2.05) is 0 Å². The quantitative estimate of drug-likeness (QED) is 0.770. The minimum atomic E-state index is -0.0356. The van der Waals surface area contributed by atoms with Gasteiger partial charge in [-0.1, -0.05) is 23.2 Å². The normalized spacial score (nSPS) is 22.4. The molecule has 0 radical (unpaired) electrons. The summed E-state index contributed by atoms with van der Waals surface area (Å²) in [5, 5.41) is 1.14. The summed E-state index contributed by atoms with van der Waals surface area (Å²) in [5.74, 6) is 0.482. The van der Waals surface area contributed by atoms with Crippen LogP contribution >= 0.6 is 34.8 Å². The van der Waals surface area contributed by atoms with Crippen molar-refractivity contribution >= 4 is 40.7 Å². The number of amides is 1. The van der Waals surface area contributed by atoms with Crippen molar-refractivity contribution < 1.29 is 4.79 Å². The van der Waals surface area contributed by atoms with E-state index in [4.69, 9.17) is 34.8 Å². The average molecular weight is 307 g/mol. The molecule has 0 aliphatic heterocycles. The van der Waals surface area contributed by atoms with E-state index >= 15 is 0 Å². The third kappa shape index (κ3) is 3.11. The zero-order chi connectivity index (χ0) is 13.3. The predicted molar refractivity (Wildman–Crippen MR) is 75.8 cm³/mol. The zero-order valence-corrected chi connectivity index (χ0v) is 12.3. The smallest absolute Gasteiger partial charge is 0.253 e. The van der Waals surface area contributed by atoms with Gasteiger partial charge < -0.3 is 4.90 Å². The third-order valence-corrected chi connectivity index (χ3v) is 4.32. The molecule has 1 fully saturated rings. The van der Waals surface area contributed by atoms with Crippen molar-refractivity contribution in [3.8, 4) is 0 Å². The Morgan fingerprint density at radius 3 is 2.56 bits per heavy atom. The lowest BCUT2D eigenvalue weighted by molar-refractivity contribution is 0.0747. The summed E-state index contributed by atoms with van der Waals surface area (Å²) < 4.78 is 0. The lowest BCUT2D eigenvalue weighted by Crippen LogP contribution is -2.37. The molecule has 0 heterocycles. The molecule has 1 saturated carbocycles. The second-order valence-electron chi connectivity index (χ2n) is 4.75. The molecule has 0 saturated heterocycles. The van der Waals surface area contributed by atoms with Crippen LogP contribution in [0.5, 0.6) is 0 Å². The minimum Gasteiger partial charge on any atom is -0.341 e. The van der Waals surface area contributed by atoms with Crippen molar-refractivity contribution in [3.63, 3.8) is 0 Å². The Kier molecular flexibility index (Phi) is 4.41. The van der Waals surface area contributed by atoms with Crippen LogP contribution < -0.4 is 0 Å². The van der Waals surface area contributed by atoms with Crippen molar-refractivity contribution in [2.75, 3.05) is 13.6 Å². The molecule has 0 N–H and O–H groups in total. The first-order valence-electron chi connectivity index (χ1n) is 5.82. The summed E-state index contributed by atoms with van der Waals surface area (Å²) >= 11 is 17.7. The van der Waals surface area contributed by atoms with Crippen LogP contribution in [0.3, 0.4) is 0 Å². The highest BCUT2D eigenvalue weighted by Crippen LogP contribution is 2.32. The highest BCUT2D eigenvalue weighted by Gasteiger charge is 2.29. The minimum absolute atomic E-state index is 0.0356. The summed E-state index contributed by atoms with van der Waals surface area (Å²) in [4.78, 5) is 13.9. The van der Waals surface area contributed by atoms with Gasteiger partial charge in [-0.2, -0.15) is 0 Å². The fourth-order valence-corrected chi connectivity index (χ4v) is 2.93. The van der Waals surface area contributed by atoms with Crippen LogP contribution in [0, 0.1) is 5.92 Å². The summed E-state index contributed by atoms with van der Waals surface area (Å²) in [6.07, 6.45) is 1.97. The van der Waals surface area contributed by atoms with Crippen LogP contribution in [-0.4, -0.2) is 29.8 Å². The van der Waals surface area contributed by atoms with Crippen LogP contribution in [0.4, 0.5) is 0 Å². The zero-order valence-electron chi connectivity index (χ0n) is 10.00. The van der Waals surface area contributed by atoms with E-state index in [1.54, 1.807) is 30.1 Å². The number of benzene rings is 1. The van der Waals surface area contributed by atoms with Crippen molar-refractivity contribution in [3.05, 3.63) is 33.8 Å². The van der Waals surface area contributed by atoms with E-state index in [9.17, 15) is 4.79 Å². The molecule has 0 aromatic heterocycles. The van der Waals surface area contributed by atoms with Crippen molar-refractivity contribution in [1.82, 2.24) is 4.90 Å². The lowest BCUT2D eigenvalue weighted by Gasteiger charge is -2.34. The van der Waals surface area contributed by atoms with Gasteiger partial charge in [-0.25, -0.2) is 0 Å². The van der Waals surface area contributed by atoms with Gasteiger partial charge >= 0.3 is 0 Å². The van der Waals surface area contributed by atoms with Crippen LogP contribution in [0.2, 0.25) is 10.0 Å². The van der Waals surface area contributed by atoms with E-state index in [0.29, 0.717) is 21.5 Å². The molecule has 18 heavy (non-hydrogen) atoms. The number of hydrogen-bond acceptors (Lipinski definition) is 1. The average Bonchev–Trinajstić information content (AvgIpc) is 2.29. The molecule has 0 unspecified atom stereocenters. The van der Waals surface area contributed by atoms with Gasteiger partial charge in [-0.3, -0.25) is 4.79 Å². The summed E-state index contributed by atoms with van der Waals surface area (Å²) in [6, 6.07) is 4.94. The number of nitrogens with zero attached hydrogens (tertiary/aromatic N) is 1. The first-order chi connectivity index (χ1) is 8.47. The molecule has 5 heteroatoms. The Bertz CT molecular complexity index is 458. The second kappa shape index (κ2) is 5.68. The SMILES string of the molecule is CN(CC1CC(Cl)C1)C(=O)c1ccc(Cl)c(Cl)c1. The third-order valence-electron chi connectivity index (χ3n) is 3.22. The van der Waals surface area contributed by atoms with Gasteiger partial charge in [0.25, 0.3) is 5.91 Å². The van der Waals surface area contributed by atoms with Crippen LogP contribution in [0.15, 0.2) is 18.2 Å². The summed E-state index contributed by atoms with van der Waals surface area (Å²) in [6.45, 7) is 0.738. The molecule has 1 aromatic rings. The van der Waals surface area contributed by atoms with Gasteiger partial charge in [0.15, 0.2) is 0 Å². The number of alkyl halides is 1. The predicted octanol–water partition coefficient (Wildman–Crippen LogP) is 4.08. The van der Waals surface area contributed by atoms with Gasteiger partial charge in [-0.15, -0.1) is 11.6 Å². The molecule has 1 amide bonds. The van der Waals surface area contributed by atoms with Gasteiger partial charge in [0.2, 0.25) is 0 Å². The molecule has 0 bridgehead atoms. The summed E-state index contributed by atoms with van der Waals surface area (Å²) in [5.41, 5.74) is 0.564. The second-order valence-corrected chi connectivity index (χ2v) is 6.18.